The first kappa shape index (κ1) is 13.6. The second kappa shape index (κ2) is 5.93. The van der Waals surface area contributed by atoms with Gasteiger partial charge >= 0.3 is 0 Å². The van der Waals surface area contributed by atoms with Gasteiger partial charge in [0.25, 0.3) is 5.56 Å². The minimum Gasteiger partial charge on any atom is -0.380 e. The minimum absolute atomic E-state index is 0.0163. The summed E-state index contributed by atoms with van der Waals surface area (Å²) in [5.41, 5.74) is -0.0163. The Kier molecular flexibility index (Phi) is 4.03. The summed E-state index contributed by atoms with van der Waals surface area (Å²) < 4.78 is 6.99. The van der Waals surface area contributed by atoms with E-state index in [2.05, 4.69) is 15.2 Å². The molecule has 0 saturated carbocycles. The molecule has 0 bridgehead atoms. The van der Waals surface area contributed by atoms with E-state index in [1.165, 1.54) is 0 Å². The van der Waals surface area contributed by atoms with Crippen LogP contribution in [0.1, 0.15) is 19.3 Å². The van der Waals surface area contributed by atoms with Crippen LogP contribution in [0.5, 0.6) is 0 Å². The average molecular weight is 278 g/mol. The fourth-order valence-electron chi connectivity index (χ4n) is 3.01. The van der Waals surface area contributed by atoms with Crippen molar-refractivity contribution in [2.45, 2.75) is 31.3 Å². The molecular formula is C14H22N4O2. The van der Waals surface area contributed by atoms with Gasteiger partial charge in [0.05, 0.1) is 6.61 Å². The van der Waals surface area contributed by atoms with E-state index in [0.717, 1.165) is 45.6 Å². The molecule has 0 radical (unpaired) electrons. The van der Waals surface area contributed by atoms with Crippen LogP contribution < -0.4 is 15.8 Å². The van der Waals surface area contributed by atoms with E-state index >= 15 is 0 Å². The van der Waals surface area contributed by atoms with Crippen molar-refractivity contribution in [1.29, 1.82) is 0 Å². The van der Waals surface area contributed by atoms with Crippen LogP contribution in [0.3, 0.4) is 0 Å². The molecule has 2 saturated heterocycles. The SMILES string of the molecule is Cn1ccnc(N2CCCC(NC3CCOC3)C2)c1=O. The maximum Gasteiger partial charge on any atom is 0.293 e. The largest absolute Gasteiger partial charge is 0.380 e. The molecule has 20 heavy (non-hydrogen) atoms. The highest BCUT2D eigenvalue weighted by molar-refractivity contribution is 5.36. The quantitative estimate of drug-likeness (QED) is 0.851. The van der Waals surface area contributed by atoms with Crippen molar-refractivity contribution < 1.29 is 4.74 Å². The Morgan fingerprint density at radius 2 is 2.30 bits per heavy atom. The molecule has 1 aromatic rings. The van der Waals surface area contributed by atoms with E-state index in [9.17, 15) is 4.79 Å². The average Bonchev–Trinajstić information content (AvgIpc) is 2.95. The van der Waals surface area contributed by atoms with Crippen LogP contribution in [0, 0.1) is 0 Å². The third-order valence-electron chi connectivity index (χ3n) is 4.12. The summed E-state index contributed by atoms with van der Waals surface area (Å²) in [6, 6.07) is 0.883. The van der Waals surface area contributed by atoms with Crippen molar-refractivity contribution in [2.75, 3.05) is 31.2 Å². The molecule has 3 rings (SSSR count). The minimum atomic E-state index is -0.0163. The fourth-order valence-corrected chi connectivity index (χ4v) is 3.01. The smallest absolute Gasteiger partial charge is 0.293 e. The Labute approximate surface area is 118 Å². The summed E-state index contributed by atoms with van der Waals surface area (Å²) in [5.74, 6) is 0.573. The Hall–Kier alpha value is -1.40. The van der Waals surface area contributed by atoms with Crippen molar-refractivity contribution in [2.24, 2.45) is 7.05 Å². The van der Waals surface area contributed by atoms with Gasteiger partial charge in [-0.3, -0.25) is 4.79 Å². The van der Waals surface area contributed by atoms with Crippen molar-refractivity contribution in [3.05, 3.63) is 22.7 Å². The predicted octanol–water partition coefficient (Wildman–Crippen LogP) is 0.128. The van der Waals surface area contributed by atoms with Crippen LogP contribution in [0.4, 0.5) is 5.82 Å². The number of rotatable bonds is 3. The molecule has 3 heterocycles. The highest BCUT2D eigenvalue weighted by Gasteiger charge is 2.26. The Morgan fingerprint density at radius 1 is 1.40 bits per heavy atom. The van der Waals surface area contributed by atoms with Gasteiger partial charge in [-0.05, 0) is 19.3 Å². The highest BCUT2D eigenvalue weighted by atomic mass is 16.5. The molecule has 2 atom stereocenters. The van der Waals surface area contributed by atoms with Gasteiger partial charge in [0.15, 0.2) is 5.82 Å². The van der Waals surface area contributed by atoms with Gasteiger partial charge in [-0.2, -0.15) is 0 Å². The van der Waals surface area contributed by atoms with E-state index < -0.39 is 0 Å². The first-order valence-corrected chi connectivity index (χ1v) is 7.34. The molecule has 0 spiro atoms. The van der Waals surface area contributed by atoms with E-state index in [-0.39, 0.29) is 5.56 Å². The summed E-state index contributed by atoms with van der Waals surface area (Å²) in [5, 5.41) is 3.65. The number of anilines is 1. The number of ether oxygens (including phenoxy) is 1. The van der Waals surface area contributed by atoms with Crippen molar-refractivity contribution >= 4 is 5.82 Å². The lowest BCUT2D eigenvalue weighted by molar-refractivity contribution is 0.187. The molecule has 110 valence electrons. The molecule has 1 aromatic heterocycles. The summed E-state index contributed by atoms with van der Waals surface area (Å²) in [4.78, 5) is 18.5. The van der Waals surface area contributed by atoms with Gasteiger partial charge < -0.3 is 19.5 Å². The van der Waals surface area contributed by atoms with Crippen LogP contribution >= 0.6 is 0 Å². The van der Waals surface area contributed by atoms with Crippen molar-refractivity contribution in [3.63, 3.8) is 0 Å². The van der Waals surface area contributed by atoms with E-state index in [0.29, 0.717) is 17.9 Å². The number of nitrogens with zero attached hydrogens (tertiary/aromatic N) is 3. The lowest BCUT2D eigenvalue weighted by Gasteiger charge is -2.34. The first-order valence-electron chi connectivity index (χ1n) is 7.34. The van der Waals surface area contributed by atoms with Crippen LogP contribution in [0.2, 0.25) is 0 Å². The molecule has 0 aromatic carbocycles. The van der Waals surface area contributed by atoms with Gasteiger partial charge in [0.2, 0.25) is 0 Å². The third kappa shape index (κ3) is 2.86. The fraction of sp³-hybridized carbons (Fsp3) is 0.714. The molecule has 0 amide bonds. The molecular weight excluding hydrogens is 256 g/mol. The Bertz CT molecular complexity index is 510. The number of hydrogen-bond acceptors (Lipinski definition) is 5. The molecule has 6 nitrogen and oxygen atoms in total. The van der Waals surface area contributed by atoms with Crippen LogP contribution in [0.15, 0.2) is 17.2 Å². The van der Waals surface area contributed by atoms with Crippen molar-refractivity contribution in [1.82, 2.24) is 14.9 Å². The van der Waals surface area contributed by atoms with E-state index in [1.807, 2.05) is 0 Å². The maximum absolute atomic E-state index is 12.1. The number of aromatic nitrogens is 2. The summed E-state index contributed by atoms with van der Waals surface area (Å²) >= 11 is 0. The number of nitrogens with one attached hydrogen (secondary N) is 1. The topological polar surface area (TPSA) is 59.4 Å². The van der Waals surface area contributed by atoms with Crippen LogP contribution in [-0.4, -0.2) is 47.9 Å². The van der Waals surface area contributed by atoms with E-state index in [1.54, 1.807) is 24.0 Å². The Morgan fingerprint density at radius 3 is 3.10 bits per heavy atom. The number of hydrogen-bond donors (Lipinski definition) is 1. The summed E-state index contributed by atoms with van der Waals surface area (Å²) in [7, 11) is 1.77. The standard InChI is InChI=1S/C14H22N4O2/c1-17-7-5-15-13(14(17)19)18-6-2-3-11(9-18)16-12-4-8-20-10-12/h5,7,11-12,16H,2-4,6,8-10H2,1H3. The normalized spacial score (nSPS) is 26.9. The van der Waals surface area contributed by atoms with Crippen LogP contribution in [-0.2, 0) is 11.8 Å². The Balaban J connectivity index is 1.68. The molecule has 2 aliphatic heterocycles. The molecule has 0 aliphatic carbocycles. The number of aryl methyl sites for hydroxylation is 1. The predicted molar refractivity (Wildman–Crippen MR) is 77.1 cm³/mol. The summed E-state index contributed by atoms with van der Waals surface area (Å²) in [6.45, 7) is 3.42. The van der Waals surface area contributed by atoms with Gasteiger partial charge in [-0.1, -0.05) is 0 Å². The molecule has 6 heteroatoms. The monoisotopic (exact) mass is 278 g/mol. The van der Waals surface area contributed by atoms with Crippen molar-refractivity contribution in [3.8, 4) is 0 Å². The van der Waals surface area contributed by atoms with Gasteiger partial charge in [0.1, 0.15) is 0 Å². The van der Waals surface area contributed by atoms with Crippen LogP contribution in [0.25, 0.3) is 0 Å². The molecule has 1 N–H and O–H groups in total. The second-order valence-corrected chi connectivity index (χ2v) is 5.68. The zero-order chi connectivity index (χ0) is 13.9. The summed E-state index contributed by atoms with van der Waals surface area (Å²) in [6.07, 6.45) is 6.72. The number of piperidine rings is 1. The lowest BCUT2D eigenvalue weighted by atomic mass is 10.0. The van der Waals surface area contributed by atoms with Gasteiger partial charge in [-0.25, -0.2) is 4.98 Å². The lowest BCUT2D eigenvalue weighted by Crippen LogP contribution is -2.50. The molecule has 2 aliphatic rings. The maximum atomic E-state index is 12.1. The van der Waals surface area contributed by atoms with Gasteiger partial charge in [0, 0.05) is 51.2 Å². The zero-order valence-corrected chi connectivity index (χ0v) is 11.9. The molecule has 2 unspecified atom stereocenters. The second-order valence-electron chi connectivity index (χ2n) is 5.68. The first-order chi connectivity index (χ1) is 9.74. The zero-order valence-electron chi connectivity index (χ0n) is 11.9. The molecule has 2 fully saturated rings. The third-order valence-corrected chi connectivity index (χ3v) is 4.12. The van der Waals surface area contributed by atoms with Gasteiger partial charge in [-0.15, -0.1) is 0 Å². The van der Waals surface area contributed by atoms with E-state index in [4.69, 9.17) is 4.74 Å². The highest BCUT2D eigenvalue weighted by Crippen LogP contribution is 2.16.